The van der Waals surface area contributed by atoms with Crippen molar-refractivity contribution in [3.8, 4) is 11.1 Å². The van der Waals surface area contributed by atoms with E-state index >= 15 is 0 Å². The van der Waals surface area contributed by atoms with Crippen LogP contribution in [-0.2, 0) is 31.9 Å². The molecule has 0 aliphatic rings. The second kappa shape index (κ2) is 18.3. The summed E-state index contributed by atoms with van der Waals surface area (Å²) < 4.78 is 9.55. The Bertz CT molecular complexity index is 1570. The zero-order valence-corrected chi connectivity index (χ0v) is 30.7. The normalized spacial score (nSPS) is 14.5. The first kappa shape index (κ1) is 40.4. The number of alkyl carbamates (subject to hydrolysis) is 2. The third-order valence-electron chi connectivity index (χ3n) is 8.44. The maximum atomic E-state index is 13.8. The highest BCUT2D eigenvalue weighted by molar-refractivity contribution is 5.87. The van der Waals surface area contributed by atoms with E-state index in [0.717, 1.165) is 22.3 Å². The Hall–Kier alpha value is -5.04. The Kier molecular flexibility index (Phi) is 14.5. The number of rotatable bonds is 14. The van der Waals surface area contributed by atoms with Crippen LogP contribution in [0.1, 0.15) is 59.1 Å². The van der Waals surface area contributed by atoms with Crippen molar-refractivity contribution in [3.05, 3.63) is 84.4 Å². The number of benzene rings is 2. The Morgan fingerprint density at radius 1 is 0.667 bits per heavy atom. The molecular formula is C38H52N6O7. The number of amides is 4. The molecule has 5 atom stereocenters. The molecule has 1 aromatic heterocycles. The Balaban J connectivity index is 1.96. The van der Waals surface area contributed by atoms with Gasteiger partial charge in [0.05, 0.1) is 26.4 Å². The van der Waals surface area contributed by atoms with E-state index in [2.05, 4.69) is 31.2 Å². The lowest BCUT2D eigenvalue weighted by Gasteiger charge is -2.34. The molecule has 3 aromatic rings. The molecule has 0 aliphatic heterocycles. The van der Waals surface area contributed by atoms with Gasteiger partial charge in [0.25, 0.3) is 0 Å². The summed E-state index contributed by atoms with van der Waals surface area (Å²) in [4.78, 5) is 60.2. The molecule has 13 nitrogen and oxygen atoms in total. The molecule has 0 aliphatic carbocycles. The van der Waals surface area contributed by atoms with Crippen LogP contribution in [0.25, 0.3) is 11.1 Å². The zero-order valence-electron chi connectivity index (χ0n) is 30.7. The van der Waals surface area contributed by atoms with E-state index in [1.807, 2.05) is 96.1 Å². The monoisotopic (exact) mass is 704 g/mol. The van der Waals surface area contributed by atoms with Gasteiger partial charge in [0, 0.05) is 24.0 Å². The first-order chi connectivity index (χ1) is 24.0. The van der Waals surface area contributed by atoms with Crippen molar-refractivity contribution in [2.75, 3.05) is 14.2 Å². The third kappa shape index (κ3) is 12.7. The predicted octanol–water partition coefficient (Wildman–Crippen LogP) is 4.19. The van der Waals surface area contributed by atoms with Gasteiger partial charge in [0.2, 0.25) is 11.8 Å². The standard InChI is InChI=1S/C38H52N6O7/c1-37(2,3)31(43-35(48)50-7)33(46)41-28(18-24-12-10-9-11-13-24)20-30(45)29(42-34(47)32(38(4,5)6)44-36(49)51-8)19-25-14-16-26(17-15-25)27-21-39-23-40-22-27/h9-17,21-23,28-32,45H,18-20H2,1-8H3,(H,41,46)(H,42,47)(H,43,48)(H,44,49)/t28-,29-,30-,31+,32+/m0/s1. The van der Waals surface area contributed by atoms with Crippen molar-refractivity contribution >= 4 is 24.0 Å². The molecule has 0 bridgehead atoms. The second-order valence-electron chi connectivity index (χ2n) is 14.7. The SMILES string of the molecule is COC(=O)N[C@H](C(=O)N[C@@H](Cc1ccccc1)C[C@H](O)[C@H](Cc1ccc(-c2cncnc2)cc1)NC(=O)[C@@H](NC(=O)OC)C(C)(C)C)C(C)(C)C. The van der Waals surface area contributed by atoms with Crippen molar-refractivity contribution in [2.45, 2.75) is 91.1 Å². The Morgan fingerprint density at radius 3 is 1.65 bits per heavy atom. The molecule has 0 unspecified atom stereocenters. The van der Waals surface area contributed by atoms with Gasteiger partial charge in [-0.1, -0.05) is 96.1 Å². The van der Waals surface area contributed by atoms with Gasteiger partial charge >= 0.3 is 12.2 Å². The molecule has 276 valence electrons. The van der Waals surface area contributed by atoms with E-state index in [1.165, 1.54) is 20.5 Å². The molecule has 5 N–H and O–H groups in total. The number of hydrogen-bond acceptors (Lipinski definition) is 9. The van der Waals surface area contributed by atoms with Gasteiger partial charge in [0.15, 0.2) is 0 Å². The number of hydrogen-bond donors (Lipinski definition) is 5. The zero-order chi connectivity index (χ0) is 37.8. The van der Waals surface area contributed by atoms with E-state index in [-0.39, 0.29) is 12.8 Å². The second-order valence-corrected chi connectivity index (χ2v) is 14.7. The minimum Gasteiger partial charge on any atom is -0.453 e. The molecule has 0 fully saturated rings. The maximum Gasteiger partial charge on any atom is 0.407 e. The van der Waals surface area contributed by atoms with E-state index in [0.29, 0.717) is 6.42 Å². The van der Waals surface area contributed by atoms with Crippen LogP contribution in [0.3, 0.4) is 0 Å². The van der Waals surface area contributed by atoms with Gasteiger partial charge in [-0.15, -0.1) is 0 Å². The summed E-state index contributed by atoms with van der Waals surface area (Å²) in [5, 5.41) is 23.2. The van der Waals surface area contributed by atoms with Gasteiger partial charge in [-0.05, 0) is 46.8 Å². The number of methoxy groups -OCH3 is 2. The number of nitrogens with zero attached hydrogens (tertiary/aromatic N) is 2. The van der Waals surface area contributed by atoms with Crippen molar-refractivity contribution in [1.82, 2.24) is 31.2 Å². The molecule has 0 saturated carbocycles. The van der Waals surface area contributed by atoms with Gasteiger partial charge in [-0.3, -0.25) is 9.59 Å². The van der Waals surface area contributed by atoms with E-state index in [4.69, 9.17) is 9.47 Å². The van der Waals surface area contributed by atoms with Gasteiger partial charge in [-0.2, -0.15) is 0 Å². The quantitative estimate of drug-likeness (QED) is 0.164. The van der Waals surface area contributed by atoms with E-state index in [9.17, 15) is 24.3 Å². The third-order valence-corrected chi connectivity index (χ3v) is 8.44. The van der Waals surface area contributed by atoms with Crippen molar-refractivity contribution in [1.29, 1.82) is 0 Å². The lowest BCUT2D eigenvalue weighted by Crippen LogP contribution is -2.59. The summed E-state index contributed by atoms with van der Waals surface area (Å²) in [5.74, 6) is -0.953. The van der Waals surface area contributed by atoms with Crippen LogP contribution in [0, 0.1) is 10.8 Å². The first-order valence-corrected chi connectivity index (χ1v) is 16.9. The average molecular weight is 705 g/mol. The van der Waals surface area contributed by atoms with Gasteiger partial charge in [0.1, 0.15) is 18.4 Å². The molecule has 2 aromatic carbocycles. The number of aliphatic hydroxyl groups excluding tert-OH is 1. The molecule has 4 amide bonds. The molecule has 3 rings (SSSR count). The molecule has 51 heavy (non-hydrogen) atoms. The number of nitrogens with one attached hydrogen (secondary N) is 4. The maximum absolute atomic E-state index is 13.8. The summed E-state index contributed by atoms with van der Waals surface area (Å²) in [6.07, 6.45) is 2.85. The number of ether oxygens (including phenoxy) is 2. The minimum atomic E-state index is -1.16. The lowest BCUT2D eigenvalue weighted by molar-refractivity contribution is -0.128. The van der Waals surface area contributed by atoms with Crippen LogP contribution < -0.4 is 21.3 Å². The first-order valence-electron chi connectivity index (χ1n) is 16.9. The van der Waals surface area contributed by atoms with Crippen LogP contribution in [0.4, 0.5) is 9.59 Å². The fourth-order valence-electron chi connectivity index (χ4n) is 5.62. The summed E-state index contributed by atoms with van der Waals surface area (Å²) in [6, 6.07) is 13.7. The highest BCUT2D eigenvalue weighted by atomic mass is 16.5. The molecule has 13 heteroatoms. The average Bonchev–Trinajstić information content (AvgIpc) is 3.08. The van der Waals surface area contributed by atoms with Crippen LogP contribution in [0.2, 0.25) is 0 Å². The van der Waals surface area contributed by atoms with Gasteiger partial charge in [-0.25, -0.2) is 19.6 Å². The number of carbonyl (C=O) groups excluding carboxylic acids is 4. The largest absolute Gasteiger partial charge is 0.453 e. The summed E-state index contributed by atoms with van der Waals surface area (Å²) in [7, 11) is 2.45. The summed E-state index contributed by atoms with van der Waals surface area (Å²) in [5.41, 5.74) is 2.11. The topological polar surface area (TPSA) is 181 Å². The Morgan fingerprint density at radius 2 is 1.16 bits per heavy atom. The number of aliphatic hydroxyl groups is 1. The van der Waals surface area contributed by atoms with E-state index < -0.39 is 65.1 Å². The van der Waals surface area contributed by atoms with Crippen LogP contribution in [0.5, 0.6) is 0 Å². The van der Waals surface area contributed by atoms with Crippen molar-refractivity contribution < 1.29 is 33.8 Å². The number of aromatic nitrogens is 2. The molecule has 0 saturated heterocycles. The fraction of sp³-hybridized carbons (Fsp3) is 0.474. The molecule has 0 spiro atoms. The highest BCUT2D eigenvalue weighted by Crippen LogP contribution is 2.24. The molecule has 0 radical (unpaired) electrons. The smallest absolute Gasteiger partial charge is 0.407 e. The fourth-order valence-corrected chi connectivity index (χ4v) is 5.62. The van der Waals surface area contributed by atoms with Gasteiger partial charge < -0.3 is 35.8 Å². The van der Waals surface area contributed by atoms with Crippen LogP contribution >= 0.6 is 0 Å². The van der Waals surface area contributed by atoms with Crippen LogP contribution in [0.15, 0.2) is 73.3 Å². The summed E-state index contributed by atoms with van der Waals surface area (Å²) >= 11 is 0. The van der Waals surface area contributed by atoms with Crippen molar-refractivity contribution in [3.63, 3.8) is 0 Å². The van der Waals surface area contributed by atoms with E-state index in [1.54, 1.807) is 12.4 Å². The van der Waals surface area contributed by atoms with Crippen molar-refractivity contribution in [2.24, 2.45) is 10.8 Å². The molecule has 1 heterocycles. The number of carbonyl (C=O) groups is 4. The lowest BCUT2D eigenvalue weighted by atomic mass is 9.85. The molecular weight excluding hydrogens is 652 g/mol. The highest BCUT2D eigenvalue weighted by Gasteiger charge is 2.37. The summed E-state index contributed by atoms with van der Waals surface area (Å²) in [6.45, 7) is 10.9. The van der Waals surface area contributed by atoms with Crippen LogP contribution in [-0.4, -0.2) is 83.6 Å². The Labute approximate surface area is 300 Å². The minimum absolute atomic E-state index is 0.0463. The predicted molar refractivity (Wildman–Crippen MR) is 193 cm³/mol.